The van der Waals surface area contributed by atoms with Gasteiger partial charge in [-0.05, 0) is 62.5 Å². The zero-order valence-electron chi connectivity index (χ0n) is 15.0. The predicted molar refractivity (Wildman–Crippen MR) is 97.7 cm³/mol. The molecular formula is C19H27NO3S. The highest BCUT2D eigenvalue weighted by atomic mass is 32.2. The molecule has 1 aromatic carbocycles. The molecule has 1 aliphatic rings. The molecule has 0 saturated heterocycles. The van der Waals surface area contributed by atoms with Gasteiger partial charge in [-0.3, -0.25) is 9.59 Å². The first-order chi connectivity index (χ1) is 11.4. The lowest BCUT2D eigenvalue weighted by atomic mass is 9.75. The van der Waals surface area contributed by atoms with Gasteiger partial charge < -0.3 is 10.1 Å². The number of ketones is 1. The van der Waals surface area contributed by atoms with Gasteiger partial charge in [-0.25, -0.2) is 0 Å². The molecule has 0 radical (unpaired) electrons. The Kier molecular flexibility index (Phi) is 6.33. The van der Waals surface area contributed by atoms with Gasteiger partial charge in [0.2, 0.25) is 5.91 Å². The van der Waals surface area contributed by atoms with Crippen LogP contribution < -0.4 is 10.1 Å². The molecule has 1 amide bonds. The maximum absolute atomic E-state index is 12.6. The normalized spacial score (nSPS) is 23.6. The van der Waals surface area contributed by atoms with E-state index in [4.69, 9.17) is 4.74 Å². The van der Waals surface area contributed by atoms with Crippen molar-refractivity contribution in [1.82, 2.24) is 5.32 Å². The summed E-state index contributed by atoms with van der Waals surface area (Å²) in [6.45, 7) is 3.80. The molecule has 0 spiro atoms. The zero-order chi connectivity index (χ0) is 17.7. The van der Waals surface area contributed by atoms with Gasteiger partial charge >= 0.3 is 0 Å². The smallest absolute Gasteiger partial charge is 0.225 e. The number of rotatable bonds is 6. The van der Waals surface area contributed by atoms with Gasteiger partial charge in [-0.1, -0.05) is 13.0 Å². The monoisotopic (exact) mass is 349 g/mol. The molecule has 132 valence electrons. The number of amides is 1. The van der Waals surface area contributed by atoms with E-state index >= 15 is 0 Å². The van der Waals surface area contributed by atoms with Crippen LogP contribution in [0.15, 0.2) is 23.1 Å². The summed E-state index contributed by atoms with van der Waals surface area (Å²) in [7, 11) is 1.63. The lowest BCUT2D eigenvalue weighted by Gasteiger charge is -2.38. The average molecular weight is 349 g/mol. The van der Waals surface area contributed by atoms with Gasteiger partial charge in [0.1, 0.15) is 5.75 Å². The van der Waals surface area contributed by atoms with Crippen molar-refractivity contribution in [3.05, 3.63) is 23.8 Å². The van der Waals surface area contributed by atoms with Gasteiger partial charge in [0.25, 0.3) is 0 Å². The topological polar surface area (TPSA) is 55.4 Å². The van der Waals surface area contributed by atoms with Crippen LogP contribution in [-0.4, -0.2) is 30.6 Å². The van der Waals surface area contributed by atoms with E-state index < -0.39 is 5.54 Å². The predicted octanol–water partition coefficient (Wildman–Crippen LogP) is 3.61. The van der Waals surface area contributed by atoms with Crippen LogP contribution in [0.2, 0.25) is 0 Å². The Morgan fingerprint density at radius 3 is 2.54 bits per heavy atom. The van der Waals surface area contributed by atoms with Crippen LogP contribution in [-0.2, 0) is 16.0 Å². The Morgan fingerprint density at radius 1 is 1.33 bits per heavy atom. The summed E-state index contributed by atoms with van der Waals surface area (Å²) in [5.41, 5.74) is 0.291. The summed E-state index contributed by atoms with van der Waals surface area (Å²) in [5, 5.41) is 3.05. The van der Waals surface area contributed by atoms with Crippen molar-refractivity contribution in [3.8, 4) is 5.75 Å². The SMILES string of the molecule is COc1ccc(CC(=O)NC2(C(C)=O)CCC(C)CC2)c(SC)c1. The molecule has 0 bridgehead atoms. The van der Waals surface area contributed by atoms with E-state index in [1.54, 1.807) is 25.8 Å². The Balaban J connectivity index is 2.10. The minimum Gasteiger partial charge on any atom is -0.497 e. The van der Waals surface area contributed by atoms with Gasteiger partial charge in [0, 0.05) is 4.90 Å². The molecule has 0 heterocycles. The quantitative estimate of drug-likeness (QED) is 0.797. The Bertz CT molecular complexity index is 607. The van der Waals surface area contributed by atoms with Crippen LogP contribution in [0.5, 0.6) is 5.75 Å². The Morgan fingerprint density at radius 2 is 2.00 bits per heavy atom. The molecule has 4 nitrogen and oxygen atoms in total. The highest BCUT2D eigenvalue weighted by Gasteiger charge is 2.39. The molecule has 1 aromatic rings. The first-order valence-electron chi connectivity index (χ1n) is 8.43. The summed E-state index contributed by atoms with van der Waals surface area (Å²) >= 11 is 1.59. The summed E-state index contributed by atoms with van der Waals surface area (Å²) in [4.78, 5) is 25.8. The Hall–Kier alpha value is -1.49. The van der Waals surface area contributed by atoms with Crippen LogP contribution in [0.3, 0.4) is 0 Å². The number of benzene rings is 1. The van der Waals surface area contributed by atoms with Gasteiger partial charge in [0.15, 0.2) is 5.78 Å². The van der Waals surface area contributed by atoms with Gasteiger partial charge in [0.05, 0.1) is 19.1 Å². The standard InChI is InChI=1S/C19H27NO3S/c1-13-7-9-19(10-8-13,14(2)21)20-18(22)11-15-5-6-16(23-3)12-17(15)24-4/h5-6,12-13H,7-11H2,1-4H3,(H,20,22). The van der Waals surface area contributed by atoms with E-state index in [2.05, 4.69) is 12.2 Å². The molecule has 0 unspecified atom stereocenters. The third-order valence-corrected chi connectivity index (χ3v) is 5.85. The van der Waals surface area contributed by atoms with E-state index in [1.165, 1.54) is 0 Å². The average Bonchev–Trinajstić information content (AvgIpc) is 2.57. The van der Waals surface area contributed by atoms with Crippen molar-refractivity contribution < 1.29 is 14.3 Å². The molecule has 1 N–H and O–H groups in total. The largest absolute Gasteiger partial charge is 0.497 e. The molecule has 0 atom stereocenters. The van der Waals surface area contributed by atoms with Crippen LogP contribution in [0.1, 0.15) is 45.1 Å². The number of thioether (sulfide) groups is 1. The number of ether oxygens (including phenoxy) is 1. The number of hydrogen-bond acceptors (Lipinski definition) is 4. The van der Waals surface area contributed by atoms with Crippen LogP contribution >= 0.6 is 11.8 Å². The summed E-state index contributed by atoms with van der Waals surface area (Å²) < 4.78 is 5.24. The van der Waals surface area contributed by atoms with Crippen molar-refractivity contribution in [2.24, 2.45) is 5.92 Å². The van der Waals surface area contributed by atoms with E-state index in [1.807, 2.05) is 24.5 Å². The molecule has 1 aliphatic carbocycles. The molecule has 5 heteroatoms. The van der Waals surface area contributed by atoms with Crippen molar-refractivity contribution in [1.29, 1.82) is 0 Å². The second-order valence-electron chi connectivity index (χ2n) is 6.72. The lowest BCUT2D eigenvalue weighted by molar-refractivity contribution is -0.132. The summed E-state index contributed by atoms with van der Waals surface area (Å²) in [6.07, 6.45) is 5.72. The lowest BCUT2D eigenvalue weighted by Crippen LogP contribution is -2.55. The second kappa shape index (κ2) is 8.06. The van der Waals surface area contributed by atoms with E-state index in [0.29, 0.717) is 5.92 Å². The maximum Gasteiger partial charge on any atom is 0.225 e. The maximum atomic E-state index is 12.6. The number of carbonyl (C=O) groups is 2. The minimum absolute atomic E-state index is 0.0718. The van der Waals surface area contributed by atoms with Crippen LogP contribution in [0.25, 0.3) is 0 Å². The number of methoxy groups -OCH3 is 1. The summed E-state index contributed by atoms with van der Waals surface area (Å²) in [5.74, 6) is 1.40. The fourth-order valence-corrected chi connectivity index (χ4v) is 3.94. The first-order valence-corrected chi connectivity index (χ1v) is 9.65. The zero-order valence-corrected chi connectivity index (χ0v) is 15.8. The van der Waals surface area contributed by atoms with Crippen LogP contribution in [0, 0.1) is 5.92 Å². The first kappa shape index (κ1) is 18.8. The molecule has 24 heavy (non-hydrogen) atoms. The van der Waals surface area contributed by atoms with Crippen molar-refractivity contribution in [3.63, 3.8) is 0 Å². The Labute approximate surface area is 148 Å². The van der Waals surface area contributed by atoms with Gasteiger partial charge in [-0.15, -0.1) is 11.8 Å². The molecule has 1 saturated carbocycles. The number of carbonyl (C=O) groups excluding carboxylic acids is 2. The molecule has 2 rings (SSSR count). The third-order valence-electron chi connectivity index (χ3n) is 5.03. The minimum atomic E-state index is -0.671. The molecule has 0 aliphatic heterocycles. The highest BCUT2D eigenvalue weighted by molar-refractivity contribution is 7.98. The van der Waals surface area contributed by atoms with E-state index in [-0.39, 0.29) is 18.1 Å². The van der Waals surface area contributed by atoms with Crippen molar-refractivity contribution >= 4 is 23.5 Å². The fraction of sp³-hybridized carbons (Fsp3) is 0.579. The van der Waals surface area contributed by atoms with Crippen molar-refractivity contribution in [2.45, 2.75) is 56.4 Å². The van der Waals surface area contributed by atoms with Crippen molar-refractivity contribution in [2.75, 3.05) is 13.4 Å². The van der Waals surface area contributed by atoms with E-state index in [0.717, 1.165) is 41.9 Å². The summed E-state index contributed by atoms with van der Waals surface area (Å²) in [6, 6.07) is 5.73. The van der Waals surface area contributed by atoms with Crippen LogP contribution in [0.4, 0.5) is 0 Å². The molecule has 1 fully saturated rings. The third kappa shape index (κ3) is 4.32. The number of Topliss-reactive ketones (excluding diaryl/α,β-unsaturated/α-hetero) is 1. The number of nitrogens with one attached hydrogen (secondary N) is 1. The molecular weight excluding hydrogens is 322 g/mol. The molecule has 0 aromatic heterocycles. The highest BCUT2D eigenvalue weighted by Crippen LogP contribution is 2.33. The fourth-order valence-electron chi connectivity index (χ4n) is 3.30. The van der Waals surface area contributed by atoms with E-state index in [9.17, 15) is 9.59 Å². The number of hydrogen-bond donors (Lipinski definition) is 1. The van der Waals surface area contributed by atoms with Gasteiger partial charge in [-0.2, -0.15) is 0 Å². The second-order valence-corrected chi connectivity index (χ2v) is 7.57.